The molecule has 0 saturated heterocycles. The number of rotatable bonds is 6. The van der Waals surface area contributed by atoms with Crippen LogP contribution in [0.4, 0.5) is 0 Å². The first-order valence-electron chi connectivity index (χ1n) is 7.72. The molecular formula is C20H17N3O2. The molecule has 0 aliphatic carbocycles. The molecule has 0 spiro atoms. The van der Waals surface area contributed by atoms with Crippen molar-refractivity contribution < 1.29 is 9.53 Å². The summed E-state index contributed by atoms with van der Waals surface area (Å²) in [4.78, 5) is 12.4. The minimum Gasteiger partial charge on any atom is -0.478 e. The summed E-state index contributed by atoms with van der Waals surface area (Å²) in [5.41, 5.74) is 1.48. The Labute approximate surface area is 146 Å². The van der Waals surface area contributed by atoms with Crippen molar-refractivity contribution in [1.29, 1.82) is 10.5 Å². The number of nitrogens with one attached hydrogen (secondary N) is 1. The maximum atomic E-state index is 12.4. The van der Waals surface area contributed by atoms with Gasteiger partial charge in [0.2, 0.25) is 0 Å². The molecule has 0 fully saturated rings. The van der Waals surface area contributed by atoms with Crippen molar-refractivity contribution in [3.8, 4) is 17.9 Å². The van der Waals surface area contributed by atoms with Crippen molar-refractivity contribution in [1.82, 2.24) is 5.32 Å². The van der Waals surface area contributed by atoms with Gasteiger partial charge in [0.1, 0.15) is 23.5 Å². The van der Waals surface area contributed by atoms with Crippen molar-refractivity contribution in [2.24, 2.45) is 0 Å². The summed E-state index contributed by atoms with van der Waals surface area (Å²) >= 11 is 0. The molecule has 2 aromatic rings. The Morgan fingerprint density at radius 3 is 2.52 bits per heavy atom. The summed E-state index contributed by atoms with van der Waals surface area (Å²) in [6.45, 7) is 1.75. The van der Waals surface area contributed by atoms with Gasteiger partial charge in [0.25, 0.3) is 5.91 Å². The molecule has 0 aliphatic heterocycles. The quantitative estimate of drug-likeness (QED) is 0.649. The Morgan fingerprint density at radius 2 is 1.84 bits per heavy atom. The molecular weight excluding hydrogens is 314 g/mol. The van der Waals surface area contributed by atoms with E-state index in [0.29, 0.717) is 11.3 Å². The molecule has 1 N–H and O–H groups in total. The van der Waals surface area contributed by atoms with Gasteiger partial charge in [-0.2, -0.15) is 10.5 Å². The van der Waals surface area contributed by atoms with E-state index in [1.165, 1.54) is 6.08 Å². The van der Waals surface area contributed by atoms with E-state index in [1.807, 2.05) is 49.4 Å². The van der Waals surface area contributed by atoms with Crippen LogP contribution in [0, 0.1) is 22.7 Å². The fourth-order valence-corrected chi connectivity index (χ4v) is 2.24. The third kappa shape index (κ3) is 4.95. The highest BCUT2D eigenvalue weighted by Gasteiger charge is 2.14. The number of nitrogens with zero attached hydrogens (tertiary/aromatic N) is 2. The molecule has 0 unspecified atom stereocenters. The number of amides is 1. The van der Waals surface area contributed by atoms with Crippen LogP contribution in [-0.2, 0) is 4.79 Å². The number of hydrogen-bond acceptors (Lipinski definition) is 4. The maximum Gasteiger partial charge on any atom is 0.262 e. The summed E-state index contributed by atoms with van der Waals surface area (Å²) in [7, 11) is 0. The lowest BCUT2D eigenvalue weighted by atomic mass is 10.1. The van der Waals surface area contributed by atoms with Crippen LogP contribution < -0.4 is 10.1 Å². The zero-order valence-electron chi connectivity index (χ0n) is 13.8. The molecule has 0 saturated carbocycles. The highest BCUT2D eigenvalue weighted by atomic mass is 16.5. The van der Waals surface area contributed by atoms with E-state index >= 15 is 0 Å². The molecule has 1 amide bonds. The molecule has 0 aliphatic rings. The Balaban J connectivity index is 2.19. The molecule has 5 heteroatoms. The Kier molecular flexibility index (Phi) is 6.33. The number of para-hydroxylation sites is 1. The molecule has 0 bridgehead atoms. The smallest absolute Gasteiger partial charge is 0.262 e. The molecule has 25 heavy (non-hydrogen) atoms. The van der Waals surface area contributed by atoms with Gasteiger partial charge in [0.15, 0.2) is 6.61 Å². The Hall–Kier alpha value is -3.57. The standard InChI is InChI=1S/C20H17N3O2/c1-15(16-7-3-2-4-8-16)23-20(24)18(14-22)13-17-9-5-6-10-19(17)25-12-11-21/h2-10,13,15H,12H2,1H3,(H,23,24)/b18-13+/t15-/m1/s1. The van der Waals surface area contributed by atoms with Crippen LogP contribution in [0.2, 0.25) is 0 Å². The molecule has 124 valence electrons. The number of nitriles is 2. The van der Waals surface area contributed by atoms with E-state index in [2.05, 4.69) is 5.32 Å². The van der Waals surface area contributed by atoms with E-state index in [0.717, 1.165) is 5.56 Å². The molecule has 2 aromatic carbocycles. The van der Waals surface area contributed by atoms with Gasteiger partial charge in [-0.25, -0.2) is 0 Å². The number of ether oxygens (including phenoxy) is 1. The van der Waals surface area contributed by atoms with Crippen LogP contribution in [0.15, 0.2) is 60.2 Å². The molecule has 0 radical (unpaired) electrons. The minimum atomic E-state index is -0.464. The summed E-state index contributed by atoms with van der Waals surface area (Å²) in [5, 5.41) is 20.8. The Morgan fingerprint density at radius 1 is 1.16 bits per heavy atom. The molecule has 5 nitrogen and oxygen atoms in total. The minimum absolute atomic E-state index is 0.0317. The van der Waals surface area contributed by atoms with Gasteiger partial charge >= 0.3 is 0 Å². The SMILES string of the molecule is C[C@@H](NC(=O)/C(C#N)=C/c1ccccc1OCC#N)c1ccccc1. The van der Waals surface area contributed by atoms with Gasteiger partial charge in [0, 0.05) is 5.56 Å². The largest absolute Gasteiger partial charge is 0.478 e. The fraction of sp³-hybridized carbons (Fsp3) is 0.150. The highest BCUT2D eigenvalue weighted by molar-refractivity contribution is 6.02. The second-order valence-corrected chi connectivity index (χ2v) is 5.26. The van der Waals surface area contributed by atoms with Gasteiger partial charge in [-0.15, -0.1) is 0 Å². The van der Waals surface area contributed by atoms with Crippen LogP contribution >= 0.6 is 0 Å². The topological polar surface area (TPSA) is 85.9 Å². The predicted octanol–water partition coefficient (Wildman–Crippen LogP) is 3.37. The van der Waals surface area contributed by atoms with E-state index in [-0.39, 0.29) is 18.2 Å². The number of benzene rings is 2. The lowest BCUT2D eigenvalue weighted by molar-refractivity contribution is -0.117. The number of carbonyl (C=O) groups excluding carboxylic acids is 1. The third-order valence-corrected chi connectivity index (χ3v) is 3.52. The zero-order chi connectivity index (χ0) is 18.1. The monoisotopic (exact) mass is 331 g/mol. The van der Waals surface area contributed by atoms with Gasteiger partial charge in [0.05, 0.1) is 6.04 Å². The lowest BCUT2D eigenvalue weighted by Gasteiger charge is -2.14. The molecule has 0 heterocycles. The molecule has 0 aromatic heterocycles. The van der Waals surface area contributed by atoms with E-state index < -0.39 is 5.91 Å². The zero-order valence-corrected chi connectivity index (χ0v) is 13.8. The third-order valence-electron chi connectivity index (χ3n) is 3.52. The van der Waals surface area contributed by atoms with Gasteiger partial charge in [-0.05, 0) is 24.6 Å². The van der Waals surface area contributed by atoms with Crippen LogP contribution in [0.1, 0.15) is 24.1 Å². The number of hydrogen-bond donors (Lipinski definition) is 1. The van der Waals surface area contributed by atoms with Gasteiger partial charge in [-0.3, -0.25) is 4.79 Å². The summed E-state index contributed by atoms with van der Waals surface area (Å²) in [5.74, 6) is -0.0188. The van der Waals surface area contributed by atoms with Crippen molar-refractivity contribution in [2.45, 2.75) is 13.0 Å². The van der Waals surface area contributed by atoms with Gasteiger partial charge in [-0.1, -0.05) is 48.5 Å². The second-order valence-electron chi connectivity index (χ2n) is 5.26. The van der Waals surface area contributed by atoms with Gasteiger partial charge < -0.3 is 10.1 Å². The van der Waals surface area contributed by atoms with Crippen molar-refractivity contribution in [2.75, 3.05) is 6.61 Å². The summed E-state index contributed by atoms with van der Waals surface area (Å²) < 4.78 is 5.32. The van der Waals surface area contributed by atoms with Crippen LogP contribution in [0.25, 0.3) is 6.08 Å². The molecule has 2 rings (SSSR count). The average molecular weight is 331 g/mol. The second kappa shape index (κ2) is 8.90. The average Bonchev–Trinajstić information content (AvgIpc) is 2.65. The summed E-state index contributed by atoms with van der Waals surface area (Å²) in [6, 6.07) is 20.0. The highest BCUT2D eigenvalue weighted by Crippen LogP contribution is 2.21. The van der Waals surface area contributed by atoms with Crippen LogP contribution in [-0.4, -0.2) is 12.5 Å². The first-order chi connectivity index (χ1) is 12.2. The summed E-state index contributed by atoms with van der Waals surface area (Å²) in [6.07, 6.45) is 1.46. The van der Waals surface area contributed by atoms with E-state index in [4.69, 9.17) is 10.00 Å². The first kappa shape index (κ1) is 17.8. The number of carbonyl (C=O) groups is 1. The normalized spacial score (nSPS) is 11.7. The fourth-order valence-electron chi connectivity index (χ4n) is 2.24. The lowest BCUT2D eigenvalue weighted by Crippen LogP contribution is -2.27. The van der Waals surface area contributed by atoms with E-state index in [9.17, 15) is 10.1 Å². The maximum absolute atomic E-state index is 12.4. The van der Waals surface area contributed by atoms with Crippen molar-refractivity contribution in [3.63, 3.8) is 0 Å². The Bertz CT molecular complexity index is 845. The van der Waals surface area contributed by atoms with Crippen molar-refractivity contribution in [3.05, 3.63) is 71.3 Å². The van der Waals surface area contributed by atoms with Crippen LogP contribution in [0.3, 0.4) is 0 Å². The van der Waals surface area contributed by atoms with Crippen molar-refractivity contribution >= 4 is 12.0 Å². The first-order valence-corrected chi connectivity index (χ1v) is 7.72. The molecule has 1 atom stereocenters. The predicted molar refractivity (Wildman–Crippen MR) is 94.1 cm³/mol. The van der Waals surface area contributed by atoms with Crippen LogP contribution in [0.5, 0.6) is 5.75 Å². The van der Waals surface area contributed by atoms with E-state index in [1.54, 1.807) is 24.3 Å².